The highest BCUT2D eigenvalue weighted by Gasteiger charge is 2.25. The molecule has 0 N–H and O–H groups in total. The van der Waals surface area contributed by atoms with Gasteiger partial charge in [-0.25, -0.2) is 0 Å². The van der Waals surface area contributed by atoms with Gasteiger partial charge in [0.25, 0.3) is 0 Å². The van der Waals surface area contributed by atoms with Crippen LogP contribution in [0.25, 0.3) is 0 Å². The highest BCUT2D eigenvalue weighted by Crippen LogP contribution is 2.14. The zero-order valence-corrected chi connectivity index (χ0v) is 37.4. The van der Waals surface area contributed by atoms with E-state index >= 15 is 0 Å². The number of carbonyl (C=O) groups excluding carboxylic acids is 3. The van der Waals surface area contributed by atoms with E-state index in [0.717, 1.165) is 70.6 Å². The number of carboxylic acid groups (broad SMARTS) is 1. The normalized spacial score (nSPS) is 13.7. The van der Waals surface area contributed by atoms with Crippen LogP contribution in [0.3, 0.4) is 0 Å². The number of allylic oxidation sites excluding steroid dienone is 14. The van der Waals surface area contributed by atoms with Gasteiger partial charge in [0.15, 0.2) is 6.10 Å². The summed E-state index contributed by atoms with van der Waals surface area (Å²) in [5, 5.41) is 11.6. The molecule has 8 heteroatoms. The molecule has 0 aliphatic carbocycles. The van der Waals surface area contributed by atoms with Crippen LogP contribution >= 0.6 is 0 Å². The molecule has 0 radical (unpaired) electrons. The maximum Gasteiger partial charge on any atom is 0.306 e. The number of aliphatic carboxylic acids is 1. The number of hydrogen-bond donors (Lipinski definition) is 0. The molecule has 58 heavy (non-hydrogen) atoms. The summed E-state index contributed by atoms with van der Waals surface area (Å²) >= 11 is 0. The van der Waals surface area contributed by atoms with Crippen molar-refractivity contribution in [2.24, 2.45) is 0 Å². The highest BCUT2D eigenvalue weighted by atomic mass is 16.6. The summed E-state index contributed by atoms with van der Waals surface area (Å²) in [6, 6.07) is -0.738. The third-order valence-corrected chi connectivity index (χ3v) is 9.53. The Morgan fingerprint density at radius 3 is 1.40 bits per heavy atom. The second-order valence-corrected chi connectivity index (χ2v) is 15.9. The van der Waals surface area contributed by atoms with Gasteiger partial charge in [-0.05, 0) is 77.0 Å². The molecule has 330 valence electrons. The first-order valence-electron chi connectivity index (χ1n) is 22.6. The van der Waals surface area contributed by atoms with E-state index in [9.17, 15) is 19.5 Å². The van der Waals surface area contributed by atoms with E-state index in [1.54, 1.807) is 21.1 Å². The van der Waals surface area contributed by atoms with Crippen molar-refractivity contribution in [3.05, 3.63) is 85.1 Å². The molecule has 2 unspecified atom stereocenters. The minimum atomic E-state index is -1.14. The lowest BCUT2D eigenvalue weighted by Gasteiger charge is -2.34. The van der Waals surface area contributed by atoms with Gasteiger partial charge in [0.1, 0.15) is 12.6 Å². The van der Waals surface area contributed by atoms with Gasteiger partial charge in [-0.2, -0.15) is 0 Å². The lowest BCUT2D eigenvalue weighted by molar-refractivity contribution is -0.889. The molecular formula is C50H83NO7. The lowest BCUT2D eigenvalue weighted by Crippen LogP contribution is -2.55. The summed E-state index contributed by atoms with van der Waals surface area (Å²) in [4.78, 5) is 36.8. The van der Waals surface area contributed by atoms with Crippen molar-refractivity contribution in [1.82, 2.24) is 0 Å². The van der Waals surface area contributed by atoms with E-state index in [1.807, 2.05) is 0 Å². The number of nitrogens with zero attached hydrogens (tertiary/aromatic N) is 1. The number of carboxylic acids is 1. The third-order valence-electron chi connectivity index (χ3n) is 9.53. The summed E-state index contributed by atoms with van der Waals surface area (Å²) in [6.45, 7) is 4.35. The predicted octanol–water partition coefficient (Wildman–Crippen LogP) is 11.2. The van der Waals surface area contributed by atoms with Crippen molar-refractivity contribution in [2.45, 2.75) is 174 Å². The summed E-state index contributed by atoms with van der Waals surface area (Å²) in [5.41, 5.74) is 0. The van der Waals surface area contributed by atoms with E-state index in [2.05, 4.69) is 98.9 Å². The van der Waals surface area contributed by atoms with Crippen LogP contribution in [0.1, 0.15) is 162 Å². The van der Waals surface area contributed by atoms with Crippen molar-refractivity contribution in [1.29, 1.82) is 0 Å². The molecule has 0 aromatic carbocycles. The molecule has 0 rings (SSSR count). The average molecular weight is 810 g/mol. The second-order valence-electron chi connectivity index (χ2n) is 15.9. The Hall–Kier alpha value is -3.49. The lowest BCUT2D eigenvalue weighted by atomic mass is 10.1. The van der Waals surface area contributed by atoms with Crippen LogP contribution in [0.15, 0.2) is 85.1 Å². The molecule has 0 aromatic heterocycles. The van der Waals surface area contributed by atoms with Gasteiger partial charge in [-0.1, -0.05) is 150 Å². The molecule has 0 aliphatic heterocycles. The first-order chi connectivity index (χ1) is 28.1. The van der Waals surface area contributed by atoms with E-state index in [0.29, 0.717) is 12.8 Å². The van der Waals surface area contributed by atoms with E-state index < -0.39 is 18.1 Å². The molecule has 0 amide bonds. The fraction of sp³-hybridized carbons (Fsp3) is 0.660. The number of likely N-dealkylation sites (N-methyl/N-ethyl adjacent to an activating group) is 1. The number of quaternary nitrogens is 1. The number of rotatable bonds is 39. The fourth-order valence-corrected chi connectivity index (χ4v) is 6.08. The zero-order chi connectivity index (χ0) is 42.8. The maximum atomic E-state index is 12.6. The van der Waals surface area contributed by atoms with Gasteiger partial charge < -0.3 is 28.6 Å². The molecule has 0 saturated heterocycles. The molecule has 0 aliphatic rings. The van der Waals surface area contributed by atoms with Gasteiger partial charge in [0, 0.05) is 19.3 Å². The van der Waals surface area contributed by atoms with Crippen molar-refractivity contribution in [2.75, 3.05) is 41.0 Å². The Labute approximate surface area is 354 Å². The Bertz CT molecular complexity index is 1220. The number of hydrogen-bond acceptors (Lipinski definition) is 7. The predicted molar refractivity (Wildman–Crippen MR) is 240 cm³/mol. The van der Waals surface area contributed by atoms with Crippen molar-refractivity contribution < 1.29 is 38.2 Å². The summed E-state index contributed by atoms with van der Waals surface area (Å²) < 4.78 is 17.1. The van der Waals surface area contributed by atoms with E-state index in [-0.39, 0.29) is 49.1 Å². The monoisotopic (exact) mass is 810 g/mol. The SMILES string of the molecule is CC/C=C/C/C=C/C/C=C/C/C=C/CCCCCCCCCCCCC(=O)OCC(COCCC(C(=O)[O-])[N+](C)(C)C)OC(=O)CCC/C=C/C/C=C/C/C=C/CC. The molecule has 0 spiro atoms. The molecule has 0 saturated carbocycles. The van der Waals surface area contributed by atoms with Gasteiger partial charge >= 0.3 is 11.9 Å². The summed E-state index contributed by atoms with van der Waals surface area (Å²) in [7, 11) is 5.38. The third kappa shape index (κ3) is 38.1. The Morgan fingerprint density at radius 1 is 0.517 bits per heavy atom. The zero-order valence-electron chi connectivity index (χ0n) is 37.4. The Kier molecular flexibility index (Phi) is 37.9. The summed E-state index contributed by atoms with van der Waals surface area (Å²) in [5.74, 6) is -1.82. The number of esters is 2. The van der Waals surface area contributed by atoms with Gasteiger partial charge in [-0.3, -0.25) is 9.59 Å². The van der Waals surface area contributed by atoms with Crippen LogP contribution in [0, 0.1) is 0 Å². The first-order valence-corrected chi connectivity index (χ1v) is 22.6. The largest absolute Gasteiger partial charge is 0.544 e. The number of unbranched alkanes of at least 4 members (excludes halogenated alkanes) is 11. The van der Waals surface area contributed by atoms with Crippen LogP contribution in [-0.4, -0.2) is 75.5 Å². The average Bonchev–Trinajstić information content (AvgIpc) is 3.18. The minimum absolute atomic E-state index is 0.0148. The molecular weight excluding hydrogens is 727 g/mol. The van der Waals surface area contributed by atoms with Crippen LogP contribution < -0.4 is 5.11 Å². The molecule has 8 nitrogen and oxygen atoms in total. The maximum absolute atomic E-state index is 12.6. The number of carbonyl (C=O) groups is 3. The smallest absolute Gasteiger partial charge is 0.306 e. The van der Waals surface area contributed by atoms with Crippen LogP contribution in [0.4, 0.5) is 0 Å². The van der Waals surface area contributed by atoms with Crippen LogP contribution in [0.5, 0.6) is 0 Å². The first kappa shape index (κ1) is 54.5. The Balaban J connectivity index is 4.27. The van der Waals surface area contributed by atoms with Crippen molar-refractivity contribution in [3.63, 3.8) is 0 Å². The quantitative estimate of drug-likeness (QED) is 0.0264. The summed E-state index contributed by atoms with van der Waals surface area (Å²) in [6.07, 6.45) is 52.0. The topological polar surface area (TPSA) is 102 Å². The molecule has 2 atom stereocenters. The van der Waals surface area contributed by atoms with Crippen LogP contribution in [-0.2, 0) is 28.6 Å². The number of ether oxygens (including phenoxy) is 3. The van der Waals surface area contributed by atoms with Crippen LogP contribution in [0.2, 0.25) is 0 Å². The van der Waals surface area contributed by atoms with Gasteiger partial charge in [-0.15, -0.1) is 0 Å². The van der Waals surface area contributed by atoms with Crippen molar-refractivity contribution in [3.8, 4) is 0 Å². The van der Waals surface area contributed by atoms with E-state index in [4.69, 9.17) is 14.2 Å². The van der Waals surface area contributed by atoms with Gasteiger partial charge in [0.05, 0.1) is 40.3 Å². The van der Waals surface area contributed by atoms with E-state index in [1.165, 1.54) is 51.4 Å². The van der Waals surface area contributed by atoms with Crippen molar-refractivity contribution >= 4 is 17.9 Å². The second kappa shape index (κ2) is 40.3. The Morgan fingerprint density at radius 2 is 0.931 bits per heavy atom. The molecule has 0 fully saturated rings. The molecule has 0 bridgehead atoms. The molecule has 0 aromatic rings. The minimum Gasteiger partial charge on any atom is -0.544 e. The fourth-order valence-electron chi connectivity index (χ4n) is 6.08. The highest BCUT2D eigenvalue weighted by molar-refractivity contribution is 5.70. The standard InChI is InChI=1S/C50H83NO7/c1-6-8-10-12-14-16-18-19-20-21-22-23-24-25-26-27-28-29-31-32-34-36-38-40-48(52)57-45-46(44-56-43-42-47(50(54)55)51(3,4)5)58-49(53)41-39-37-35-33-30-17-15-13-11-9-7-2/h8-11,14-17,19-20,22-23,33,35,46-47H,6-7,12-13,18,21,24-32,34,36-45H2,1-5H3/b10-8+,11-9+,16-14+,17-15+,20-19+,23-22+,35-33+. The molecule has 0 heterocycles. The van der Waals surface area contributed by atoms with Gasteiger partial charge in [0.2, 0.25) is 0 Å².